The van der Waals surface area contributed by atoms with Gasteiger partial charge in [0.2, 0.25) is 0 Å². The number of nitrogens with two attached hydrogens (primary N) is 2. The molecule has 20 heavy (non-hydrogen) atoms. The first-order chi connectivity index (χ1) is 9.76. The first-order valence-electron chi connectivity index (χ1n) is 6.67. The fourth-order valence-corrected chi connectivity index (χ4v) is 2.31. The molecular formula is C15H21N5. The maximum atomic E-state index is 5.97. The molecule has 0 saturated heterocycles. The number of nitrogens with one attached hydrogen (secondary N) is 1. The first kappa shape index (κ1) is 14.3. The van der Waals surface area contributed by atoms with E-state index in [1.165, 1.54) is 22.2 Å². The zero-order chi connectivity index (χ0) is 14.4. The lowest BCUT2D eigenvalue weighted by Crippen LogP contribution is -2.32. The first-order valence-corrected chi connectivity index (χ1v) is 6.67. The highest BCUT2D eigenvalue weighted by Gasteiger charge is 2.16. The highest BCUT2D eigenvalue weighted by atomic mass is 15.6. The smallest absolute Gasteiger partial charge is 0.107 e. The van der Waals surface area contributed by atoms with Crippen LogP contribution < -0.4 is 16.9 Å². The lowest BCUT2D eigenvalue weighted by Gasteiger charge is -2.25. The summed E-state index contributed by atoms with van der Waals surface area (Å²) in [5, 5.41) is 10.9. The summed E-state index contributed by atoms with van der Waals surface area (Å²) in [6, 6.07) is 14.6. The van der Waals surface area contributed by atoms with E-state index in [-0.39, 0.29) is 6.04 Å². The summed E-state index contributed by atoms with van der Waals surface area (Å²) in [6.45, 7) is 0.852. The molecule has 0 aliphatic heterocycles. The second-order valence-electron chi connectivity index (χ2n) is 4.66. The number of hydrogen-bond acceptors (Lipinski definition) is 4. The normalized spacial score (nSPS) is 12.9. The van der Waals surface area contributed by atoms with Crippen molar-refractivity contribution in [1.82, 2.24) is 10.4 Å². The van der Waals surface area contributed by atoms with Crippen LogP contribution in [0.2, 0.25) is 0 Å². The third-order valence-corrected chi connectivity index (χ3v) is 3.35. The molecule has 106 valence electrons. The molecule has 2 aromatic rings. The van der Waals surface area contributed by atoms with Crippen LogP contribution >= 0.6 is 0 Å². The van der Waals surface area contributed by atoms with Gasteiger partial charge < -0.3 is 11.1 Å². The molecular weight excluding hydrogens is 250 g/mol. The highest BCUT2D eigenvalue weighted by molar-refractivity contribution is 5.83. The Morgan fingerprint density at radius 1 is 1.25 bits per heavy atom. The van der Waals surface area contributed by atoms with Gasteiger partial charge in [0.25, 0.3) is 0 Å². The Hall–Kier alpha value is -2.11. The molecule has 1 unspecified atom stereocenters. The van der Waals surface area contributed by atoms with Crippen LogP contribution in [0.15, 0.2) is 47.6 Å². The van der Waals surface area contributed by atoms with Crippen molar-refractivity contribution in [2.24, 2.45) is 16.7 Å². The zero-order valence-corrected chi connectivity index (χ0v) is 11.7. The minimum atomic E-state index is -0.00754. The van der Waals surface area contributed by atoms with E-state index in [2.05, 4.69) is 40.8 Å². The Bertz CT molecular complexity index is 581. The molecule has 0 fully saturated rings. The number of hydrazone groups is 1. The van der Waals surface area contributed by atoms with Gasteiger partial charge in [-0.25, -0.2) is 11.0 Å². The molecule has 5 N–H and O–H groups in total. The van der Waals surface area contributed by atoms with E-state index in [1.54, 1.807) is 0 Å². The van der Waals surface area contributed by atoms with Gasteiger partial charge in [-0.15, -0.1) is 0 Å². The van der Waals surface area contributed by atoms with Crippen LogP contribution in [0.1, 0.15) is 18.0 Å². The third-order valence-electron chi connectivity index (χ3n) is 3.35. The van der Waals surface area contributed by atoms with Gasteiger partial charge in [0.1, 0.15) is 6.34 Å². The molecule has 1 atom stereocenters. The lowest BCUT2D eigenvalue weighted by atomic mass is 10.00. The Labute approximate surface area is 119 Å². The number of nitrogens with zero attached hydrogens (tertiary/aromatic N) is 2. The SMILES string of the molecule is CNCCC(c1ccc2ccccc2c1)N(N)/N=C\N. The molecule has 0 aliphatic carbocycles. The van der Waals surface area contributed by atoms with E-state index in [4.69, 9.17) is 11.6 Å². The predicted molar refractivity (Wildman–Crippen MR) is 83.9 cm³/mol. The number of hydrogen-bond donors (Lipinski definition) is 3. The molecule has 0 aliphatic rings. The third kappa shape index (κ3) is 3.26. The van der Waals surface area contributed by atoms with Crippen LogP contribution in [0.3, 0.4) is 0 Å². The zero-order valence-electron chi connectivity index (χ0n) is 11.7. The second kappa shape index (κ2) is 6.88. The number of fused-ring (bicyclic) bond motifs is 1. The molecule has 0 amide bonds. The number of hydrazine groups is 1. The molecule has 0 radical (unpaired) electrons. The van der Waals surface area contributed by atoms with Gasteiger partial charge in [0, 0.05) is 0 Å². The van der Waals surface area contributed by atoms with E-state index in [1.807, 2.05) is 19.2 Å². The topological polar surface area (TPSA) is 79.7 Å². The summed E-state index contributed by atoms with van der Waals surface area (Å²) >= 11 is 0. The summed E-state index contributed by atoms with van der Waals surface area (Å²) in [7, 11) is 1.92. The minimum absolute atomic E-state index is 0.00754. The van der Waals surface area contributed by atoms with Crippen molar-refractivity contribution in [2.45, 2.75) is 12.5 Å². The van der Waals surface area contributed by atoms with Crippen molar-refractivity contribution in [3.8, 4) is 0 Å². The molecule has 5 nitrogen and oxygen atoms in total. The molecule has 2 rings (SSSR count). The predicted octanol–water partition coefficient (Wildman–Crippen LogP) is 1.57. The Morgan fingerprint density at radius 3 is 2.70 bits per heavy atom. The van der Waals surface area contributed by atoms with E-state index in [9.17, 15) is 0 Å². The van der Waals surface area contributed by atoms with Gasteiger partial charge in [-0.2, -0.15) is 5.10 Å². The van der Waals surface area contributed by atoms with Gasteiger partial charge in [0.05, 0.1) is 6.04 Å². The van der Waals surface area contributed by atoms with E-state index in [0.29, 0.717) is 0 Å². The van der Waals surface area contributed by atoms with Crippen LogP contribution in [0.25, 0.3) is 10.8 Å². The second-order valence-corrected chi connectivity index (χ2v) is 4.66. The van der Waals surface area contributed by atoms with E-state index >= 15 is 0 Å². The van der Waals surface area contributed by atoms with Crippen molar-refractivity contribution in [2.75, 3.05) is 13.6 Å². The van der Waals surface area contributed by atoms with Crippen LogP contribution in [-0.2, 0) is 0 Å². The van der Waals surface area contributed by atoms with Crippen molar-refractivity contribution >= 4 is 17.1 Å². The summed E-state index contributed by atoms with van der Waals surface area (Å²) < 4.78 is 0. The Balaban J connectivity index is 2.33. The maximum Gasteiger partial charge on any atom is 0.107 e. The maximum absolute atomic E-state index is 5.97. The molecule has 0 aromatic heterocycles. The summed E-state index contributed by atoms with van der Waals surface area (Å²) in [6.07, 6.45) is 2.07. The fraction of sp³-hybridized carbons (Fsp3) is 0.267. The standard InChI is InChI=1S/C15H21N5/c1-18-9-8-15(20(17)19-11-16)14-7-6-12-4-2-3-5-13(12)10-14/h2-7,10-11,15,18H,8-9,17H2,1H3,(H2,16,19). The monoisotopic (exact) mass is 271 g/mol. The van der Waals surface area contributed by atoms with E-state index < -0.39 is 0 Å². The number of benzene rings is 2. The molecule has 5 heteroatoms. The summed E-state index contributed by atoms with van der Waals surface area (Å²) in [4.78, 5) is 0. The van der Waals surface area contributed by atoms with Crippen LogP contribution in [0, 0.1) is 0 Å². The highest BCUT2D eigenvalue weighted by Crippen LogP contribution is 2.25. The van der Waals surface area contributed by atoms with Crippen molar-refractivity contribution in [3.05, 3.63) is 48.0 Å². The Morgan fingerprint density at radius 2 is 2.00 bits per heavy atom. The van der Waals surface area contributed by atoms with Crippen LogP contribution in [0.5, 0.6) is 0 Å². The summed E-state index contributed by atoms with van der Waals surface area (Å²) in [5.41, 5.74) is 6.47. The van der Waals surface area contributed by atoms with Gasteiger partial charge >= 0.3 is 0 Å². The largest absolute Gasteiger partial charge is 0.388 e. The van der Waals surface area contributed by atoms with Crippen molar-refractivity contribution < 1.29 is 0 Å². The molecule has 0 spiro atoms. The lowest BCUT2D eigenvalue weighted by molar-refractivity contribution is 0.201. The van der Waals surface area contributed by atoms with Crippen molar-refractivity contribution in [1.29, 1.82) is 0 Å². The quantitative estimate of drug-likeness (QED) is 0.322. The van der Waals surface area contributed by atoms with Crippen molar-refractivity contribution in [3.63, 3.8) is 0 Å². The molecule has 0 heterocycles. The van der Waals surface area contributed by atoms with Gasteiger partial charge in [-0.1, -0.05) is 36.4 Å². The Kier molecular flexibility index (Phi) is 4.92. The summed E-state index contributed by atoms with van der Waals surface area (Å²) in [5.74, 6) is 5.97. The molecule has 0 saturated carbocycles. The number of rotatable bonds is 6. The molecule has 2 aromatic carbocycles. The van der Waals surface area contributed by atoms with Crippen LogP contribution in [0.4, 0.5) is 0 Å². The fourth-order valence-electron chi connectivity index (χ4n) is 2.31. The average Bonchev–Trinajstić information content (AvgIpc) is 2.48. The van der Waals surface area contributed by atoms with E-state index in [0.717, 1.165) is 18.5 Å². The van der Waals surface area contributed by atoms with Gasteiger partial charge in [-0.05, 0) is 42.4 Å². The van der Waals surface area contributed by atoms with Crippen LogP contribution in [-0.4, -0.2) is 25.0 Å². The minimum Gasteiger partial charge on any atom is -0.388 e. The molecule has 0 bridgehead atoms. The average molecular weight is 271 g/mol. The van der Waals surface area contributed by atoms with Gasteiger partial charge in [-0.3, -0.25) is 0 Å². The van der Waals surface area contributed by atoms with Gasteiger partial charge in [0.15, 0.2) is 0 Å².